The van der Waals surface area contributed by atoms with Gasteiger partial charge >= 0.3 is 6.18 Å². The van der Waals surface area contributed by atoms with Crippen molar-refractivity contribution >= 4 is 22.7 Å². The van der Waals surface area contributed by atoms with Gasteiger partial charge < -0.3 is 10.6 Å². The first-order chi connectivity index (χ1) is 18.0. The third kappa shape index (κ3) is 4.70. The maximum absolute atomic E-state index is 14.8. The van der Waals surface area contributed by atoms with E-state index in [1.807, 2.05) is 0 Å². The Balaban J connectivity index is 1.66. The molecule has 0 atom stereocenters. The number of nitrogens with zero attached hydrogens (tertiary/aromatic N) is 6. The van der Waals surface area contributed by atoms with Crippen molar-refractivity contribution in [3.05, 3.63) is 69.5 Å². The van der Waals surface area contributed by atoms with Crippen molar-refractivity contribution in [2.45, 2.75) is 44.9 Å². The quantitative estimate of drug-likeness (QED) is 0.380. The highest BCUT2D eigenvalue weighted by molar-refractivity contribution is 5.77. The fourth-order valence-corrected chi connectivity index (χ4v) is 4.30. The second-order valence-corrected chi connectivity index (χ2v) is 9.49. The molecule has 0 fully saturated rings. The van der Waals surface area contributed by atoms with Crippen molar-refractivity contribution in [2.24, 2.45) is 0 Å². The number of alkyl halides is 3. The van der Waals surface area contributed by atoms with Crippen molar-refractivity contribution in [1.82, 2.24) is 29.6 Å². The smallest absolute Gasteiger partial charge is 0.322 e. The minimum atomic E-state index is -4.73. The molecule has 4 aromatic rings. The minimum absolute atomic E-state index is 0.0423. The molecule has 2 N–H and O–H groups in total. The van der Waals surface area contributed by atoms with Crippen molar-refractivity contribution in [3.63, 3.8) is 0 Å². The van der Waals surface area contributed by atoms with E-state index in [2.05, 4.69) is 31.7 Å². The van der Waals surface area contributed by atoms with E-state index in [-0.39, 0.29) is 28.5 Å². The fourth-order valence-electron chi connectivity index (χ4n) is 4.30. The molecule has 0 aliphatic carbocycles. The first-order valence-electron chi connectivity index (χ1n) is 11.7. The molecule has 3 aromatic heterocycles. The van der Waals surface area contributed by atoms with Gasteiger partial charge in [-0.25, -0.2) is 23.7 Å². The second-order valence-electron chi connectivity index (χ2n) is 9.49. The Morgan fingerprint density at radius 2 is 1.97 bits per heavy atom. The molecule has 1 aromatic carbocycles. The molecule has 13 heteroatoms. The van der Waals surface area contributed by atoms with Crippen LogP contribution in [-0.4, -0.2) is 37.0 Å². The van der Waals surface area contributed by atoms with Crippen molar-refractivity contribution in [2.75, 3.05) is 11.9 Å². The summed E-state index contributed by atoms with van der Waals surface area (Å²) in [4.78, 5) is 25.8. The van der Waals surface area contributed by atoms with Gasteiger partial charge in [-0.05, 0) is 62.2 Å². The molecule has 1 aliphatic rings. The van der Waals surface area contributed by atoms with Gasteiger partial charge in [0.15, 0.2) is 11.5 Å². The van der Waals surface area contributed by atoms with Gasteiger partial charge in [0, 0.05) is 12.7 Å². The number of nitriles is 1. The summed E-state index contributed by atoms with van der Waals surface area (Å²) in [5.41, 5.74) is 0.00719. The van der Waals surface area contributed by atoms with Crippen LogP contribution in [0.3, 0.4) is 0 Å². The maximum Gasteiger partial charge on any atom is 0.408 e. The molecule has 5 rings (SSSR count). The van der Waals surface area contributed by atoms with E-state index >= 15 is 0 Å². The van der Waals surface area contributed by atoms with Gasteiger partial charge in [-0.2, -0.15) is 23.4 Å². The average Bonchev–Trinajstić information content (AvgIpc) is 3.13. The van der Waals surface area contributed by atoms with Gasteiger partial charge in [-0.3, -0.25) is 4.79 Å². The average molecular weight is 526 g/mol. The van der Waals surface area contributed by atoms with Crippen LogP contribution in [0, 0.1) is 17.1 Å². The van der Waals surface area contributed by atoms with Crippen LogP contribution in [0.15, 0.2) is 41.3 Å². The van der Waals surface area contributed by atoms with Crippen LogP contribution < -0.4 is 16.2 Å². The van der Waals surface area contributed by atoms with E-state index < -0.39 is 29.5 Å². The zero-order valence-electron chi connectivity index (χ0n) is 20.4. The number of benzene rings is 1. The third-order valence-corrected chi connectivity index (χ3v) is 6.30. The van der Waals surface area contributed by atoms with Crippen molar-refractivity contribution < 1.29 is 17.6 Å². The number of nitrogens with one attached hydrogen (secondary N) is 2. The molecule has 4 heterocycles. The van der Waals surface area contributed by atoms with Gasteiger partial charge in [0.05, 0.1) is 22.9 Å². The lowest BCUT2D eigenvalue weighted by atomic mass is 9.91. The van der Waals surface area contributed by atoms with Crippen LogP contribution in [0.5, 0.6) is 0 Å². The summed E-state index contributed by atoms with van der Waals surface area (Å²) < 4.78 is 56.7. The summed E-state index contributed by atoms with van der Waals surface area (Å²) in [6, 6.07) is 9.67. The van der Waals surface area contributed by atoms with Gasteiger partial charge in [-0.15, -0.1) is 0 Å². The van der Waals surface area contributed by atoms with E-state index in [9.17, 15) is 27.6 Å². The summed E-state index contributed by atoms with van der Waals surface area (Å²) in [5, 5.41) is 15.3. The number of aromatic nitrogens is 5. The predicted molar refractivity (Wildman–Crippen MR) is 131 cm³/mol. The Hall–Kier alpha value is -4.31. The molecular weight excluding hydrogens is 504 g/mol. The Kier molecular flexibility index (Phi) is 6.15. The van der Waals surface area contributed by atoms with Gasteiger partial charge in [-0.1, -0.05) is 6.07 Å². The fraction of sp³-hybridized carbons (Fsp3) is 0.320. The summed E-state index contributed by atoms with van der Waals surface area (Å²) in [6.45, 7) is 2.91. The normalized spacial score (nSPS) is 13.8. The second kappa shape index (κ2) is 9.21. The lowest BCUT2D eigenvalue weighted by molar-refractivity contribution is -0.144. The lowest BCUT2D eigenvalue weighted by Crippen LogP contribution is -2.30. The van der Waals surface area contributed by atoms with E-state index in [4.69, 9.17) is 0 Å². The summed E-state index contributed by atoms with van der Waals surface area (Å²) in [6.07, 6.45) is -2.93. The molecule has 9 nitrogen and oxygen atoms in total. The van der Waals surface area contributed by atoms with E-state index in [0.29, 0.717) is 23.3 Å². The first-order valence-corrected chi connectivity index (χ1v) is 11.7. The van der Waals surface area contributed by atoms with Crippen LogP contribution in [0.1, 0.15) is 30.7 Å². The molecule has 0 saturated carbocycles. The van der Waals surface area contributed by atoms with Crippen LogP contribution in [0.2, 0.25) is 0 Å². The first kappa shape index (κ1) is 25.3. The van der Waals surface area contributed by atoms with E-state index in [0.717, 1.165) is 28.6 Å². The Morgan fingerprint density at radius 1 is 1.18 bits per heavy atom. The van der Waals surface area contributed by atoms with Crippen molar-refractivity contribution in [3.8, 4) is 11.9 Å². The van der Waals surface area contributed by atoms with Crippen LogP contribution in [0.25, 0.3) is 16.9 Å². The Labute approximate surface area is 213 Å². The molecule has 0 amide bonds. The highest BCUT2D eigenvalue weighted by Gasteiger charge is 2.32. The van der Waals surface area contributed by atoms with Gasteiger partial charge in [0.1, 0.15) is 17.7 Å². The summed E-state index contributed by atoms with van der Waals surface area (Å²) in [7, 11) is 0. The van der Waals surface area contributed by atoms with Crippen LogP contribution >= 0.6 is 0 Å². The molecule has 0 unspecified atom stereocenters. The number of hydrogen-bond acceptors (Lipinski definition) is 7. The monoisotopic (exact) mass is 526 g/mol. The zero-order valence-corrected chi connectivity index (χ0v) is 20.4. The number of fused-ring (bicyclic) bond motifs is 2. The van der Waals surface area contributed by atoms with Crippen molar-refractivity contribution in [1.29, 1.82) is 5.26 Å². The Bertz CT molecular complexity index is 1650. The number of halogens is 4. The SMILES string of the molecule is CC(C)(C#N)c1cccc(-n2c3nc(Nc4cc5c(cc4F)CNCC5)ncc3c(=O)n2CC(F)(F)F)n1. The molecule has 0 radical (unpaired) electrons. The van der Waals surface area contributed by atoms with Gasteiger partial charge in [0.25, 0.3) is 5.56 Å². The molecule has 196 valence electrons. The lowest BCUT2D eigenvalue weighted by Gasteiger charge is -2.19. The zero-order chi connectivity index (χ0) is 27.2. The molecule has 0 spiro atoms. The number of rotatable bonds is 5. The summed E-state index contributed by atoms with van der Waals surface area (Å²) >= 11 is 0. The van der Waals surface area contributed by atoms with Crippen LogP contribution in [-0.2, 0) is 24.9 Å². The number of hydrogen-bond donors (Lipinski definition) is 2. The standard InChI is InChI=1S/C25H22F4N8O/c1-24(2,12-30)19-4-3-5-20(34-19)37-21-16(22(38)36(37)13-25(27,28)29)11-32-23(35-21)33-18-9-14-6-7-31-10-15(14)8-17(18)26/h3-5,8-9,11,31H,6-7,10,13H2,1-2H3,(H,32,33,35). The molecule has 0 bridgehead atoms. The molecule has 0 saturated heterocycles. The maximum atomic E-state index is 14.8. The molecular formula is C25H22F4N8O. The van der Waals surface area contributed by atoms with E-state index in [1.54, 1.807) is 26.0 Å². The van der Waals surface area contributed by atoms with E-state index in [1.165, 1.54) is 18.2 Å². The highest BCUT2D eigenvalue weighted by atomic mass is 19.4. The molecule has 1 aliphatic heterocycles. The highest BCUT2D eigenvalue weighted by Crippen LogP contribution is 2.27. The largest absolute Gasteiger partial charge is 0.408 e. The number of pyridine rings is 1. The number of anilines is 2. The summed E-state index contributed by atoms with van der Waals surface area (Å²) in [5.74, 6) is -0.702. The molecule has 38 heavy (non-hydrogen) atoms. The minimum Gasteiger partial charge on any atom is -0.322 e. The third-order valence-electron chi connectivity index (χ3n) is 6.30. The predicted octanol–water partition coefficient (Wildman–Crippen LogP) is 3.87. The van der Waals surface area contributed by atoms with Crippen LogP contribution in [0.4, 0.5) is 29.2 Å². The Morgan fingerprint density at radius 3 is 2.71 bits per heavy atom. The van der Waals surface area contributed by atoms with Gasteiger partial charge in [0.2, 0.25) is 5.95 Å². The topological polar surface area (TPSA) is 113 Å².